The number of nitrogens with zero attached hydrogens (tertiary/aromatic N) is 4. The number of aromatic nitrogens is 3. The van der Waals surface area contributed by atoms with Gasteiger partial charge in [-0.15, -0.1) is 10.2 Å². The van der Waals surface area contributed by atoms with Gasteiger partial charge in [-0.1, -0.05) is 30.0 Å². The molecule has 2 N–H and O–H groups in total. The van der Waals surface area contributed by atoms with Gasteiger partial charge in [0.05, 0.1) is 4.92 Å². The summed E-state index contributed by atoms with van der Waals surface area (Å²) in [5, 5.41) is 19.8. The van der Waals surface area contributed by atoms with Crippen LogP contribution in [-0.2, 0) is 12.3 Å². The molecule has 1 aromatic heterocycles. The predicted molar refractivity (Wildman–Crippen MR) is 76.5 cm³/mol. The number of nitro groups is 1. The molecule has 2 aromatic rings. The van der Waals surface area contributed by atoms with Gasteiger partial charge in [0.15, 0.2) is 5.16 Å². The SMILES string of the molecule is Cc1nnc(SCc2ccccc2[N+](=O)[O-])n1CCN. The molecule has 0 atom stereocenters. The lowest BCUT2D eigenvalue weighted by molar-refractivity contribution is -0.385. The summed E-state index contributed by atoms with van der Waals surface area (Å²) in [6.07, 6.45) is 0. The van der Waals surface area contributed by atoms with Crippen LogP contribution in [0.2, 0.25) is 0 Å². The average molecular weight is 293 g/mol. The van der Waals surface area contributed by atoms with Crippen LogP contribution in [0.3, 0.4) is 0 Å². The molecular formula is C12H15N5O2S. The molecule has 0 aliphatic carbocycles. The highest BCUT2D eigenvalue weighted by Gasteiger charge is 2.15. The van der Waals surface area contributed by atoms with Crippen molar-refractivity contribution in [3.8, 4) is 0 Å². The molecule has 2 rings (SSSR count). The van der Waals surface area contributed by atoms with Gasteiger partial charge in [0.25, 0.3) is 5.69 Å². The molecule has 0 bridgehead atoms. The first-order valence-electron chi connectivity index (χ1n) is 6.08. The third-order valence-corrected chi connectivity index (χ3v) is 3.82. The molecule has 0 spiro atoms. The third kappa shape index (κ3) is 3.14. The number of thioether (sulfide) groups is 1. The molecule has 0 radical (unpaired) electrons. The number of hydrogen-bond acceptors (Lipinski definition) is 6. The lowest BCUT2D eigenvalue weighted by atomic mass is 10.2. The molecular weight excluding hydrogens is 278 g/mol. The van der Waals surface area contributed by atoms with Crippen LogP contribution in [0.15, 0.2) is 29.4 Å². The first-order chi connectivity index (χ1) is 9.63. The summed E-state index contributed by atoms with van der Waals surface area (Å²) in [6, 6.07) is 6.71. The van der Waals surface area contributed by atoms with Crippen LogP contribution in [0, 0.1) is 17.0 Å². The van der Waals surface area contributed by atoms with E-state index < -0.39 is 0 Å². The van der Waals surface area contributed by atoms with E-state index in [0.29, 0.717) is 24.4 Å². The summed E-state index contributed by atoms with van der Waals surface area (Å²) in [6.45, 7) is 2.99. The highest BCUT2D eigenvalue weighted by atomic mass is 32.2. The van der Waals surface area contributed by atoms with Crippen molar-refractivity contribution in [3.05, 3.63) is 45.8 Å². The van der Waals surface area contributed by atoms with E-state index in [0.717, 1.165) is 11.0 Å². The van der Waals surface area contributed by atoms with E-state index >= 15 is 0 Å². The molecule has 0 fully saturated rings. The van der Waals surface area contributed by atoms with E-state index in [9.17, 15) is 10.1 Å². The van der Waals surface area contributed by atoms with E-state index in [1.165, 1.54) is 17.8 Å². The van der Waals surface area contributed by atoms with Crippen molar-refractivity contribution in [2.45, 2.75) is 24.4 Å². The van der Waals surface area contributed by atoms with Crippen LogP contribution in [0.5, 0.6) is 0 Å². The van der Waals surface area contributed by atoms with E-state index in [4.69, 9.17) is 5.73 Å². The average Bonchev–Trinajstić information content (AvgIpc) is 2.78. The Morgan fingerprint density at radius 1 is 1.40 bits per heavy atom. The van der Waals surface area contributed by atoms with Crippen molar-refractivity contribution >= 4 is 17.4 Å². The van der Waals surface area contributed by atoms with E-state index in [1.54, 1.807) is 18.2 Å². The number of para-hydroxylation sites is 1. The molecule has 1 aromatic carbocycles. The maximum atomic E-state index is 11.0. The number of nitro benzene ring substituents is 1. The van der Waals surface area contributed by atoms with Crippen LogP contribution in [0.4, 0.5) is 5.69 Å². The Morgan fingerprint density at radius 3 is 2.85 bits per heavy atom. The molecule has 20 heavy (non-hydrogen) atoms. The second-order valence-electron chi connectivity index (χ2n) is 4.14. The van der Waals surface area contributed by atoms with E-state index in [1.807, 2.05) is 11.5 Å². The van der Waals surface area contributed by atoms with Crippen molar-refractivity contribution in [2.24, 2.45) is 5.73 Å². The van der Waals surface area contributed by atoms with Crippen molar-refractivity contribution in [3.63, 3.8) is 0 Å². The molecule has 0 saturated carbocycles. The molecule has 7 nitrogen and oxygen atoms in total. The molecule has 106 valence electrons. The van der Waals surface area contributed by atoms with Gasteiger partial charge in [0, 0.05) is 30.5 Å². The van der Waals surface area contributed by atoms with Gasteiger partial charge >= 0.3 is 0 Å². The van der Waals surface area contributed by atoms with Gasteiger partial charge in [0.2, 0.25) is 0 Å². The Hall–Kier alpha value is -1.93. The summed E-state index contributed by atoms with van der Waals surface area (Å²) in [7, 11) is 0. The molecule has 8 heteroatoms. The Labute approximate surface area is 120 Å². The van der Waals surface area contributed by atoms with Crippen molar-refractivity contribution in [1.29, 1.82) is 0 Å². The highest BCUT2D eigenvalue weighted by molar-refractivity contribution is 7.98. The Bertz CT molecular complexity index is 614. The van der Waals surface area contributed by atoms with Crippen LogP contribution < -0.4 is 5.73 Å². The zero-order valence-corrected chi connectivity index (χ0v) is 11.8. The molecule has 0 aliphatic heterocycles. The minimum atomic E-state index is -0.369. The minimum absolute atomic E-state index is 0.126. The summed E-state index contributed by atoms with van der Waals surface area (Å²) >= 11 is 1.42. The third-order valence-electron chi connectivity index (χ3n) is 2.80. The van der Waals surface area contributed by atoms with Gasteiger partial charge in [-0.3, -0.25) is 10.1 Å². The molecule has 1 heterocycles. The van der Waals surface area contributed by atoms with Gasteiger partial charge in [-0.05, 0) is 6.92 Å². The smallest absolute Gasteiger partial charge is 0.273 e. The number of rotatable bonds is 6. The fraction of sp³-hybridized carbons (Fsp3) is 0.333. The van der Waals surface area contributed by atoms with Crippen molar-refractivity contribution in [1.82, 2.24) is 14.8 Å². The Balaban J connectivity index is 2.15. The lowest BCUT2D eigenvalue weighted by Crippen LogP contribution is -2.12. The van der Waals surface area contributed by atoms with Crippen LogP contribution in [0.25, 0.3) is 0 Å². The zero-order chi connectivity index (χ0) is 14.5. The topological polar surface area (TPSA) is 99.9 Å². The number of aryl methyl sites for hydroxylation is 1. The van der Waals surface area contributed by atoms with E-state index in [2.05, 4.69) is 10.2 Å². The standard InChI is InChI=1S/C12H15N5O2S/c1-9-14-15-12(16(9)7-6-13)20-8-10-4-2-3-5-11(10)17(18)19/h2-5H,6-8,13H2,1H3. The first-order valence-corrected chi connectivity index (χ1v) is 7.07. The number of nitrogens with two attached hydrogens (primary N) is 1. The second kappa shape index (κ2) is 6.49. The van der Waals surface area contributed by atoms with Crippen LogP contribution >= 0.6 is 11.8 Å². The van der Waals surface area contributed by atoms with Gasteiger partial charge in [0.1, 0.15) is 5.82 Å². The van der Waals surface area contributed by atoms with Crippen molar-refractivity contribution < 1.29 is 4.92 Å². The fourth-order valence-electron chi connectivity index (χ4n) is 1.81. The number of benzene rings is 1. The Morgan fingerprint density at radius 2 is 2.15 bits per heavy atom. The molecule has 0 amide bonds. The molecule has 0 aliphatic rings. The van der Waals surface area contributed by atoms with Gasteiger partial charge < -0.3 is 10.3 Å². The van der Waals surface area contributed by atoms with Crippen LogP contribution in [-0.4, -0.2) is 26.2 Å². The maximum absolute atomic E-state index is 11.0. The monoisotopic (exact) mass is 293 g/mol. The fourth-order valence-corrected chi connectivity index (χ4v) is 2.81. The van der Waals surface area contributed by atoms with Crippen LogP contribution in [0.1, 0.15) is 11.4 Å². The maximum Gasteiger partial charge on any atom is 0.273 e. The second-order valence-corrected chi connectivity index (χ2v) is 5.09. The number of hydrogen-bond donors (Lipinski definition) is 1. The van der Waals surface area contributed by atoms with Gasteiger partial charge in [-0.25, -0.2) is 0 Å². The lowest BCUT2D eigenvalue weighted by Gasteiger charge is -2.06. The van der Waals surface area contributed by atoms with Gasteiger partial charge in [-0.2, -0.15) is 0 Å². The zero-order valence-electron chi connectivity index (χ0n) is 11.0. The van der Waals surface area contributed by atoms with E-state index in [-0.39, 0.29) is 10.6 Å². The molecule has 0 saturated heterocycles. The predicted octanol–water partition coefficient (Wildman–Crippen LogP) is 1.75. The normalized spacial score (nSPS) is 10.7. The quantitative estimate of drug-likeness (QED) is 0.494. The highest BCUT2D eigenvalue weighted by Crippen LogP contribution is 2.27. The summed E-state index contributed by atoms with van der Waals surface area (Å²) in [4.78, 5) is 10.6. The largest absolute Gasteiger partial charge is 0.329 e. The molecule has 0 unspecified atom stereocenters. The summed E-state index contributed by atoms with van der Waals surface area (Å²) in [5.41, 5.74) is 6.35. The minimum Gasteiger partial charge on any atom is -0.329 e. The first kappa shape index (κ1) is 14.5. The van der Waals surface area contributed by atoms with Crippen molar-refractivity contribution in [2.75, 3.05) is 6.54 Å². The summed E-state index contributed by atoms with van der Waals surface area (Å²) in [5.74, 6) is 1.26. The summed E-state index contributed by atoms with van der Waals surface area (Å²) < 4.78 is 1.92. The Kier molecular flexibility index (Phi) is 4.70.